The van der Waals surface area contributed by atoms with E-state index in [1.54, 1.807) is 12.1 Å². The first kappa shape index (κ1) is 18.4. The van der Waals surface area contributed by atoms with Crippen molar-refractivity contribution in [2.24, 2.45) is 0 Å². The van der Waals surface area contributed by atoms with Gasteiger partial charge in [-0.1, -0.05) is 25.3 Å². The van der Waals surface area contributed by atoms with E-state index in [1.165, 1.54) is 11.8 Å². The Morgan fingerprint density at radius 2 is 1.88 bits per heavy atom. The first-order chi connectivity index (χ1) is 12.5. The molecule has 1 N–H and O–H groups in total. The predicted octanol–water partition coefficient (Wildman–Crippen LogP) is 2.47. The molecule has 138 valence electrons. The summed E-state index contributed by atoms with van der Waals surface area (Å²) in [6.07, 6.45) is 6.29. The second kappa shape index (κ2) is 7.90. The number of amides is 5. The second-order valence-electron chi connectivity index (χ2n) is 6.42. The van der Waals surface area contributed by atoms with Gasteiger partial charge in [0.2, 0.25) is 5.91 Å². The quantitative estimate of drug-likeness (QED) is 0.485. The van der Waals surface area contributed by atoms with Gasteiger partial charge in [-0.3, -0.25) is 19.3 Å². The fourth-order valence-corrected chi connectivity index (χ4v) is 3.83. The first-order valence-corrected chi connectivity index (χ1v) is 9.86. The molecule has 1 saturated heterocycles. The van der Waals surface area contributed by atoms with Crippen molar-refractivity contribution in [1.29, 1.82) is 0 Å². The SMILES string of the molecule is CSc1cccc(NC(=O)CN2C(=O)C(=O)N(C3CCCCC3)C2=O)c1. The van der Waals surface area contributed by atoms with E-state index in [-0.39, 0.29) is 6.04 Å². The van der Waals surface area contributed by atoms with Crippen LogP contribution in [-0.2, 0) is 14.4 Å². The van der Waals surface area contributed by atoms with E-state index in [0.29, 0.717) is 18.5 Å². The lowest BCUT2D eigenvalue weighted by Gasteiger charge is -2.28. The van der Waals surface area contributed by atoms with Crippen LogP contribution in [0.5, 0.6) is 0 Å². The molecule has 3 rings (SSSR count). The number of carbonyl (C=O) groups is 4. The molecule has 0 radical (unpaired) electrons. The molecule has 0 aromatic heterocycles. The van der Waals surface area contributed by atoms with Gasteiger partial charge in [0.25, 0.3) is 0 Å². The second-order valence-corrected chi connectivity index (χ2v) is 7.30. The van der Waals surface area contributed by atoms with Gasteiger partial charge in [0, 0.05) is 16.6 Å². The van der Waals surface area contributed by atoms with Gasteiger partial charge in [0.1, 0.15) is 6.54 Å². The molecular weight excluding hydrogens is 354 g/mol. The zero-order valence-electron chi connectivity index (χ0n) is 14.6. The molecule has 2 fully saturated rings. The number of hydrogen-bond acceptors (Lipinski definition) is 5. The number of thioether (sulfide) groups is 1. The van der Waals surface area contributed by atoms with Gasteiger partial charge in [-0.25, -0.2) is 9.69 Å². The minimum absolute atomic E-state index is 0.237. The summed E-state index contributed by atoms with van der Waals surface area (Å²) in [5.41, 5.74) is 0.580. The molecule has 5 amide bonds. The van der Waals surface area contributed by atoms with Crippen LogP contribution in [0.25, 0.3) is 0 Å². The number of carbonyl (C=O) groups excluding carboxylic acids is 4. The molecule has 1 aliphatic heterocycles. The molecule has 7 nitrogen and oxygen atoms in total. The summed E-state index contributed by atoms with van der Waals surface area (Å²) in [5, 5.41) is 2.67. The van der Waals surface area contributed by atoms with Crippen molar-refractivity contribution in [2.75, 3.05) is 18.1 Å². The lowest BCUT2D eigenvalue weighted by Crippen LogP contribution is -2.43. The molecule has 0 atom stereocenters. The van der Waals surface area contributed by atoms with E-state index in [0.717, 1.165) is 34.0 Å². The molecule has 1 aromatic carbocycles. The lowest BCUT2D eigenvalue weighted by atomic mass is 9.94. The van der Waals surface area contributed by atoms with Gasteiger partial charge in [0.15, 0.2) is 0 Å². The van der Waals surface area contributed by atoms with Crippen LogP contribution in [0.4, 0.5) is 10.5 Å². The molecule has 0 spiro atoms. The molecule has 26 heavy (non-hydrogen) atoms. The summed E-state index contributed by atoms with van der Waals surface area (Å²) in [6, 6.07) is 6.33. The van der Waals surface area contributed by atoms with Crippen molar-refractivity contribution in [3.05, 3.63) is 24.3 Å². The standard InChI is InChI=1S/C18H21N3O4S/c1-26-14-9-5-6-12(10-14)19-15(22)11-20-16(23)17(24)21(18(20)25)13-7-3-2-4-8-13/h5-6,9-10,13H,2-4,7-8,11H2,1H3,(H,19,22). The van der Waals surface area contributed by atoms with Crippen molar-refractivity contribution in [2.45, 2.75) is 43.0 Å². The van der Waals surface area contributed by atoms with Crippen LogP contribution in [-0.4, -0.2) is 52.4 Å². The highest BCUT2D eigenvalue weighted by Crippen LogP contribution is 2.27. The molecule has 1 aromatic rings. The number of anilines is 1. The van der Waals surface area contributed by atoms with E-state index >= 15 is 0 Å². The average Bonchev–Trinajstić information content (AvgIpc) is 2.86. The number of hydrogen-bond donors (Lipinski definition) is 1. The molecule has 8 heteroatoms. The molecule has 0 bridgehead atoms. The first-order valence-electron chi connectivity index (χ1n) is 8.64. The normalized spacial score (nSPS) is 18.6. The summed E-state index contributed by atoms with van der Waals surface area (Å²) >= 11 is 1.54. The largest absolute Gasteiger partial charge is 0.334 e. The third kappa shape index (κ3) is 3.75. The smallest absolute Gasteiger partial charge is 0.324 e. The summed E-state index contributed by atoms with van der Waals surface area (Å²) in [7, 11) is 0. The molecular formula is C18H21N3O4S. The fourth-order valence-electron chi connectivity index (χ4n) is 3.37. The van der Waals surface area contributed by atoms with E-state index in [4.69, 9.17) is 0 Å². The van der Waals surface area contributed by atoms with Gasteiger partial charge in [-0.15, -0.1) is 11.8 Å². The van der Waals surface area contributed by atoms with Gasteiger partial charge >= 0.3 is 17.8 Å². The van der Waals surface area contributed by atoms with Crippen LogP contribution in [0.1, 0.15) is 32.1 Å². The third-order valence-electron chi connectivity index (χ3n) is 4.68. The zero-order chi connectivity index (χ0) is 18.7. The number of imide groups is 2. The van der Waals surface area contributed by atoms with Crippen LogP contribution < -0.4 is 5.32 Å². The minimum Gasteiger partial charge on any atom is -0.324 e. The Labute approximate surface area is 156 Å². The fraction of sp³-hybridized carbons (Fsp3) is 0.444. The van der Waals surface area contributed by atoms with Crippen molar-refractivity contribution in [3.8, 4) is 0 Å². The monoisotopic (exact) mass is 375 g/mol. The van der Waals surface area contributed by atoms with Gasteiger partial charge in [-0.05, 0) is 37.3 Å². The highest BCUT2D eigenvalue weighted by atomic mass is 32.2. The van der Waals surface area contributed by atoms with Gasteiger partial charge in [0.05, 0.1) is 0 Å². The Balaban J connectivity index is 1.66. The maximum atomic E-state index is 12.5. The van der Waals surface area contributed by atoms with E-state index in [1.807, 2.05) is 18.4 Å². The maximum Gasteiger partial charge on any atom is 0.334 e. The average molecular weight is 375 g/mol. The molecule has 1 heterocycles. The maximum absolute atomic E-state index is 12.5. The van der Waals surface area contributed by atoms with Crippen LogP contribution >= 0.6 is 11.8 Å². The Bertz CT molecular complexity index is 746. The summed E-state index contributed by atoms with van der Waals surface area (Å²) in [4.78, 5) is 52.0. The Hall–Kier alpha value is -2.35. The lowest BCUT2D eigenvalue weighted by molar-refractivity contribution is -0.144. The number of nitrogens with one attached hydrogen (secondary N) is 1. The van der Waals surface area contributed by atoms with Crippen LogP contribution in [0, 0.1) is 0 Å². The topological polar surface area (TPSA) is 86.8 Å². The molecule has 1 saturated carbocycles. The number of nitrogens with zero attached hydrogens (tertiary/aromatic N) is 2. The third-order valence-corrected chi connectivity index (χ3v) is 5.40. The van der Waals surface area contributed by atoms with E-state index < -0.39 is 30.3 Å². The van der Waals surface area contributed by atoms with Crippen molar-refractivity contribution >= 4 is 41.2 Å². The number of rotatable bonds is 5. The van der Waals surface area contributed by atoms with E-state index in [9.17, 15) is 19.2 Å². The van der Waals surface area contributed by atoms with Crippen LogP contribution in [0.2, 0.25) is 0 Å². The highest BCUT2D eigenvalue weighted by Gasteiger charge is 2.48. The van der Waals surface area contributed by atoms with Gasteiger partial charge < -0.3 is 5.32 Å². The Morgan fingerprint density at radius 1 is 1.15 bits per heavy atom. The molecule has 2 aliphatic rings. The van der Waals surface area contributed by atoms with Crippen LogP contribution in [0.15, 0.2) is 29.2 Å². The number of benzene rings is 1. The van der Waals surface area contributed by atoms with Gasteiger partial charge in [-0.2, -0.15) is 0 Å². The highest BCUT2D eigenvalue weighted by molar-refractivity contribution is 7.98. The summed E-state index contributed by atoms with van der Waals surface area (Å²) < 4.78 is 0. The molecule has 0 unspecified atom stereocenters. The number of urea groups is 1. The predicted molar refractivity (Wildman–Crippen MR) is 97.7 cm³/mol. The summed E-state index contributed by atoms with van der Waals surface area (Å²) in [5.74, 6) is -2.25. The van der Waals surface area contributed by atoms with Crippen molar-refractivity contribution < 1.29 is 19.2 Å². The van der Waals surface area contributed by atoms with Crippen LogP contribution in [0.3, 0.4) is 0 Å². The van der Waals surface area contributed by atoms with Crippen molar-refractivity contribution in [3.63, 3.8) is 0 Å². The van der Waals surface area contributed by atoms with Crippen molar-refractivity contribution in [1.82, 2.24) is 9.80 Å². The summed E-state index contributed by atoms with van der Waals surface area (Å²) in [6.45, 7) is -0.462. The Morgan fingerprint density at radius 3 is 2.58 bits per heavy atom. The zero-order valence-corrected chi connectivity index (χ0v) is 15.4. The Kier molecular flexibility index (Phi) is 5.61. The molecule has 1 aliphatic carbocycles. The minimum atomic E-state index is -0.923. The van der Waals surface area contributed by atoms with E-state index in [2.05, 4.69) is 5.32 Å².